The van der Waals surface area contributed by atoms with Crippen LogP contribution in [0.1, 0.15) is 29.6 Å². The second-order valence-corrected chi connectivity index (χ2v) is 10.8. The van der Waals surface area contributed by atoms with Gasteiger partial charge in [-0.25, -0.2) is 0 Å². The van der Waals surface area contributed by atoms with E-state index in [4.69, 9.17) is 18.9 Å². The predicted molar refractivity (Wildman–Crippen MR) is 159 cm³/mol. The van der Waals surface area contributed by atoms with E-state index in [0.29, 0.717) is 55.7 Å². The molecular formula is C35H32N2O6. The van der Waals surface area contributed by atoms with Gasteiger partial charge in [-0.3, -0.25) is 9.59 Å². The van der Waals surface area contributed by atoms with Gasteiger partial charge in [0.15, 0.2) is 0 Å². The number of fused-ring (bicyclic) bond motifs is 6. The van der Waals surface area contributed by atoms with Gasteiger partial charge in [0.25, 0.3) is 11.8 Å². The molecule has 0 aliphatic carbocycles. The van der Waals surface area contributed by atoms with Crippen LogP contribution >= 0.6 is 0 Å². The molecule has 3 aliphatic rings. The molecule has 2 amide bonds. The number of nitrogens with zero attached hydrogens (tertiary/aromatic N) is 2. The molecule has 218 valence electrons. The van der Waals surface area contributed by atoms with E-state index >= 15 is 0 Å². The van der Waals surface area contributed by atoms with Crippen molar-refractivity contribution in [3.05, 3.63) is 120 Å². The van der Waals surface area contributed by atoms with Gasteiger partial charge in [0, 0.05) is 24.2 Å². The third kappa shape index (κ3) is 5.14. The Balaban J connectivity index is 1.18. The van der Waals surface area contributed by atoms with Gasteiger partial charge in [-0.1, -0.05) is 72.8 Å². The fourth-order valence-corrected chi connectivity index (χ4v) is 6.14. The summed E-state index contributed by atoms with van der Waals surface area (Å²) in [6.07, 6.45) is -0.761. The van der Waals surface area contributed by atoms with Crippen molar-refractivity contribution in [1.82, 2.24) is 9.80 Å². The van der Waals surface area contributed by atoms with Gasteiger partial charge in [-0.2, -0.15) is 0 Å². The van der Waals surface area contributed by atoms with Gasteiger partial charge in [0.1, 0.15) is 48.3 Å². The largest absolute Gasteiger partial charge is 0.490 e. The third-order valence-corrected chi connectivity index (χ3v) is 8.18. The molecule has 0 N–H and O–H groups in total. The fraction of sp³-hybridized carbons (Fsp3) is 0.257. The van der Waals surface area contributed by atoms with Crippen LogP contribution in [0.25, 0.3) is 0 Å². The number of rotatable bonds is 4. The molecule has 0 spiro atoms. The first-order valence-corrected chi connectivity index (χ1v) is 14.7. The summed E-state index contributed by atoms with van der Waals surface area (Å²) in [6, 6.07) is 33.6. The molecule has 0 aromatic heterocycles. The van der Waals surface area contributed by atoms with E-state index in [-0.39, 0.29) is 23.9 Å². The number of hydrogen-bond donors (Lipinski definition) is 0. The molecule has 0 radical (unpaired) electrons. The fourth-order valence-electron chi connectivity index (χ4n) is 6.14. The molecule has 8 nitrogen and oxygen atoms in total. The average molecular weight is 577 g/mol. The molecule has 2 fully saturated rings. The highest BCUT2D eigenvalue weighted by Gasteiger charge is 2.53. The Hall–Kier alpha value is -4.98. The zero-order chi connectivity index (χ0) is 29.2. The number of hydrogen-bond acceptors (Lipinski definition) is 6. The summed E-state index contributed by atoms with van der Waals surface area (Å²) in [6.45, 7) is 1.53. The van der Waals surface area contributed by atoms with Crippen LogP contribution in [0.5, 0.6) is 23.0 Å². The van der Waals surface area contributed by atoms with Crippen LogP contribution in [0.15, 0.2) is 109 Å². The number of carbonyl (C=O) groups excluding carboxylic acids is 2. The normalized spacial score (nSPS) is 23.3. The summed E-state index contributed by atoms with van der Waals surface area (Å²) in [5.74, 6) is 2.48. The lowest BCUT2D eigenvalue weighted by atomic mass is 9.88. The first kappa shape index (κ1) is 26.9. The number of ether oxygens (including phenoxy) is 4. The molecular weight excluding hydrogens is 544 g/mol. The molecule has 8 heteroatoms. The van der Waals surface area contributed by atoms with Gasteiger partial charge in [-0.15, -0.1) is 0 Å². The predicted octanol–water partition coefficient (Wildman–Crippen LogP) is 5.21. The summed E-state index contributed by atoms with van der Waals surface area (Å²) in [7, 11) is 0. The molecule has 3 heterocycles. The van der Waals surface area contributed by atoms with Crippen molar-refractivity contribution < 1.29 is 28.5 Å². The van der Waals surface area contributed by atoms with Gasteiger partial charge >= 0.3 is 0 Å². The second-order valence-electron chi connectivity index (χ2n) is 10.8. The minimum absolute atomic E-state index is 0.0848. The van der Waals surface area contributed by atoms with E-state index in [1.54, 1.807) is 0 Å². The highest BCUT2D eigenvalue weighted by atomic mass is 16.5. The van der Waals surface area contributed by atoms with Crippen molar-refractivity contribution >= 4 is 11.8 Å². The monoisotopic (exact) mass is 576 g/mol. The zero-order valence-electron chi connectivity index (χ0n) is 23.6. The van der Waals surface area contributed by atoms with Crippen LogP contribution in [-0.2, 0) is 9.59 Å². The van der Waals surface area contributed by atoms with Crippen molar-refractivity contribution in [2.75, 3.05) is 26.3 Å². The average Bonchev–Trinajstić information content (AvgIpc) is 3.05. The quantitative estimate of drug-likeness (QED) is 0.311. The molecule has 0 unspecified atom stereocenters. The van der Waals surface area contributed by atoms with Crippen LogP contribution in [0.3, 0.4) is 0 Å². The number of para-hydroxylation sites is 4. The van der Waals surface area contributed by atoms with Gasteiger partial charge < -0.3 is 28.7 Å². The van der Waals surface area contributed by atoms with Crippen molar-refractivity contribution in [3.8, 4) is 23.0 Å². The molecule has 4 atom stereocenters. The highest BCUT2D eigenvalue weighted by Crippen LogP contribution is 2.44. The molecule has 4 aromatic rings. The Morgan fingerprint density at radius 2 is 0.930 bits per heavy atom. The smallest absolute Gasteiger partial charge is 0.266 e. The Bertz CT molecular complexity index is 1480. The van der Waals surface area contributed by atoms with Crippen LogP contribution in [0, 0.1) is 0 Å². The summed E-state index contributed by atoms with van der Waals surface area (Å²) >= 11 is 0. The maximum atomic E-state index is 13.5. The van der Waals surface area contributed by atoms with E-state index in [9.17, 15) is 9.59 Å². The first-order valence-electron chi connectivity index (χ1n) is 14.7. The van der Waals surface area contributed by atoms with Crippen LogP contribution in [-0.4, -0.2) is 60.1 Å². The molecule has 0 saturated carbocycles. The minimum atomic E-state index is -0.676. The van der Waals surface area contributed by atoms with Crippen LogP contribution in [0.4, 0.5) is 0 Å². The number of carbonyl (C=O) groups is 2. The van der Waals surface area contributed by atoms with E-state index < -0.39 is 12.2 Å². The van der Waals surface area contributed by atoms with Gasteiger partial charge in [-0.05, 0) is 42.8 Å². The maximum absolute atomic E-state index is 13.5. The SMILES string of the molecule is O=C1[C@@H](Oc2ccccc2)[C@H]2c3ccccc3OCCOc3ccccc3[C@H]3[C@@H](Oc4ccccc4)C(=O)N3CCCN12. The molecule has 2 saturated heterocycles. The summed E-state index contributed by atoms with van der Waals surface area (Å²) < 4.78 is 24.9. The lowest BCUT2D eigenvalue weighted by molar-refractivity contribution is -0.167. The van der Waals surface area contributed by atoms with Crippen molar-refractivity contribution in [3.63, 3.8) is 0 Å². The Labute approximate surface area is 250 Å². The number of amides is 2. The maximum Gasteiger partial charge on any atom is 0.266 e. The van der Waals surface area contributed by atoms with E-state index in [0.717, 1.165) is 11.1 Å². The van der Waals surface area contributed by atoms with Gasteiger partial charge in [0.05, 0.1) is 0 Å². The van der Waals surface area contributed by atoms with E-state index in [2.05, 4.69) is 0 Å². The summed E-state index contributed by atoms with van der Waals surface area (Å²) in [5.41, 5.74) is 1.76. The number of β-lactam (4-membered cyclic amide) rings is 2. The van der Waals surface area contributed by atoms with Crippen molar-refractivity contribution in [1.29, 1.82) is 0 Å². The topological polar surface area (TPSA) is 77.5 Å². The first-order chi connectivity index (χ1) is 21.2. The lowest BCUT2D eigenvalue weighted by Gasteiger charge is -2.49. The van der Waals surface area contributed by atoms with Crippen molar-refractivity contribution in [2.24, 2.45) is 0 Å². The highest BCUT2D eigenvalue weighted by molar-refractivity contribution is 5.90. The van der Waals surface area contributed by atoms with E-state index in [1.807, 2.05) is 119 Å². The Morgan fingerprint density at radius 1 is 0.535 bits per heavy atom. The molecule has 7 rings (SSSR count). The summed E-state index contributed by atoms with van der Waals surface area (Å²) in [4.78, 5) is 30.6. The Kier molecular flexibility index (Phi) is 7.33. The minimum Gasteiger partial charge on any atom is -0.490 e. The molecule has 3 aliphatic heterocycles. The third-order valence-electron chi connectivity index (χ3n) is 8.18. The van der Waals surface area contributed by atoms with Crippen molar-refractivity contribution in [2.45, 2.75) is 30.7 Å². The molecule has 0 bridgehead atoms. The number of benzene rings is 4. The summed E-state index contributed by atoms with van der Waals surface area (Å²) in [5, 5.41) is 0. The molecule has 43 heavy (non-hydrogen) atoms. The standard InChI is InChI=1S/C35H32N2O6/c38-34-32(42-24-12-3-1-4-13-24)30-26-16-7-9-18-28(26)40-22-23-41-29-19-10-8-17-27(29)31-33(43-25-14-5-2-6-15-25)35(39)37(31)21-11-20-36(30)34/h1-10,12-19,30-33H,11,20-23H2/t30-,31+,32+,33-. The lowest BCUT2D eigenvalue weighted by Crippen LogP contribution is -2.63. The van der Waals surface area contributed by atoms with Crippen LogP contribution in [0.2, 0.25) is 0 Å². The zero-order valence-corrected chi connectivity index (χ0v) is 23.6. The Morgan fingerprint density at radius 3 is 1.37 bits per heavy atom. The van der Waals surface area contributed by atoms with E-state index in [1.165, 1.54) is 0 Å². The molecule has 4 aromatic carbocycles. The second kappa shape index (κ2) is 11.7. The van der Waals surface area contributed by atoms with Gasteiger partial charge in [0.2, 0.25) is 12.2 Å². The van der Waals surface area contributed by atoms with Crippen LogP contribution < -0.4 is 18.9 Å².